The Morgan fingerprint density at radius 3 is 2.31 bits per heavy atom. The zero-order chi connectivity index (χ0) is 30.7. The maximum Gasteiger partial charge on any atom is 0.264 e. The van der Waals surface area contributed by atoms with Crippen LogP contribution in [0.3, 0.4) is 0 Å². The number of thioether (sulfide) groups is 1. The number of para-hydroxylation sites is 2. The summed E-state index contributed by atoms with van der Waals surface area (Å²) in [6.07, 6.45) is 3.03. The van der Waals surface area contributed by atoms with Gasteiger partial charge in [-0.25, -0.2) is 8.42 Å². The Morgan fingerprint density at radius 1 is 0.976 bits per heavy atom. The van der Waals surface area contributed by atoms with E-state index in [0.29, 0.717) is 25.3 Å². The number of nitrogens with one attached hydrogen (secondary N) is 1. The number of amides is 2. The summed E-state index contributed by atoms with van der Waals surface area (Å²) in [5.74, 6) is -0.419. The van der Waals surface area contributed by atoms with Crippen LogP contribution >= 0.6 is 11.8 Å². The van der Waals surface area contributed by atoms with Gasteiger partial charge < -0.3 is 15.0 Å². The van der Waals surface area contributed by atoms with Crippen molar-refractivity contribution in [3.8, 4) is 5.75 Å². The number of hydrogen-bond donors (Lipinski definition) is 1. The van der Waals surface area contributed by atoms with E-state index in [2.05, 4.69) is 5.32 Å². The van der Waals surface area contributed by atoms with Crippen molar-refractivity contribution in [3.05, 3.63) is 83.9 Å². The third-order valence-electron chi connectivity index (χ3n) is 6.73. The van der Waals surface area contributed by atoms with Crippen LogP contribution in [0.1, 0.15) is 44.7 Å². The first-order valence-electron chi connectivity index (χ1n) is 14.2. The Labute approximate surface area is 254 Å². The Balaban J connectivity index is 2.11. The number of anilines is 1. The fraction of sp³-hybridized carbons (Fsp3) is 0.375. The molecule has 3 rings (SSSR count). The normalized spacial score (nSPS) is 11.9. The number of ether oxygens (including phenoxy) is 1. The molecule has 10 heteroatoms. The third kappa shape index (κ3) is 8.29. The van der Waals surface area contributed by atoms with Crippen LogP contribution in [0.5, 0.6) is 5.75 Å². The number of carbonyl (C=O) groups is 2. The molecule has 0 aliphatic carbocycles. The lowest BCUT2D eigenvalue weighted by atomic mass is 10.1. The number of nitrogens with zero attached hydrogens (tertiary/aromatic N) is 2. The number of aryl methyl sites for hydroxylation is 1. The second kappa shape index (κ2) is 15.7. The maximum atomic E-state index is 14.2. The number of sulfonamides is 1. The molecule has 0 saturated carbocycles. The average Bonchev–Trinajstić information content (AvgIpc) is 2.99. The third-order valence-corrected chi connectivity index (χ3v) is 9.25. The summed E-state index contributed by atoms with van der Waals surface area (Å²) in [7, 11) is -4.20. The second-order valence-electron chi connectivity index (χ2n) is 9.81. The molecular formula is C32H41N3O5S2. The Bertz CT molecular complexity index is 1440. The van der Waals surface area contributed by atoms with Crippen LogP contribution in [-0.4, -0.2) is 57.1 Å². The Morgan fingerprint density at radius 2 is 1.69 bits per heavy atom. The molecule has 0 aliphatic heterocycles. The number of benzene rings is 3. The number of carbonyl (C=O) groups excluding carboxylic acids is 2. The van der Waals surface area contributed by atoms with Gasteiger partial charge >= 0.3 is 0 Å². The van der Waals surface area contributed by atoms with Crippen LogP contribution in [0.4, 0.5) is 5.69 Å². The predicted octanol–water partition coefficient (Wildman–Crippen LogP) is 5.64. The highest BCUT2D eigenvalue weighted by molar-refractivity contribution is 7.98. The van der Waals surface area contributed by atoms with Gasteiger partial charge in [0.05, 0.1) is 17.2 Å². The molecular weight excluding hydrogens is 571 g/mol. The van der Waals surface area contributed by atoms with E-state index in [0.717, 1.165) is 26.7 Å². The van der Waals surface area contributed by atoms with Gasteiger partial charge in [-0.2, -0.15) is 0 Å². The molecule has 0 aromatic heterocycles. The van der Waals surface area contributed by atoms with Crippen molar-refractivity contribution in [1.82, 2.24) is 10.2 Å². The predicted molar refractivity (Wildman–Crippen MR) is 169 cm³/mol. The van der Waals surface area contributed by atoms with Crippen molar-refractivity contribution in [1.29, 1.82) is 0 Å². The van der Waals surface area contributed by atoms with Gasteiger partial charge in [0.25, 0.3) is 10.0 Å². The highest BCUT2D eigenvalue weighted by Gasteiger charge is 2.34. The highest BCUT2D eigenvalue weighted by atomic mass is 32.2. The van der Waals surface area contributed by atoms with Crippen LogP contribution in [0.15, 0.2) is 82.6 Å². The second-order valence-corrected chi connectivity index (χ2v) is 12.6. The van der Waals surface area contributed by atoms with Crippen LogP contribution in [-0.2, 0) is 26.2 Å². The van der Waals surface area contributed by atoms with Crippen molar-refractivity contribution in [2.75, 3.05) is 30.3 Å². The molecule has 0 spiro atoms. The van der Waals surface area contributed by atoms with Crippen molar-refractivity contribution in [2.24, 2.45) is 0 Å². The van der Waals surface area contributed by atoms with E-state index in [1.165, 1.54) is 16.7 Å². The van der Waals surface area contributed by atoms with Gasteiger partial charge in [-0.05, 0) is 74.9 Å². The smallest absolute Gasteiger partial charge is 0.264 e. The molecule has 3 aromatic carbocycles. The van der Waals surface area contributed by atoms with E-state index in [9.17, 15) is 18.0 Å². The van der Waals surface area contributed by atoms with Crippen molar-refractivity contribution in [3.63, 3.8) is 0 Å². The van der Waals surface area contributed by atoms with Crippen LogP contribution < -0.4 is 14.4 Å². The van der Waals surface area contributed by atoms with Crippen molar-refractivity contribution >= 4 is 39.3 Å². The molecule has 42 heavy (non-hydrogen) atoms. The summed E-state index contributed by atoms with van der Waals surface area (Å²) in [5.41, 5.74) is 2.12. The average molecular weight is 612 g/mol. The van der Waals surface area contributed by atoms with Gasteiger partial charge in [0.15, 0.2) is 0 Å². The minimum absolute atomic E-state index is 0.0531. The molecule has 0 heterocycles. The van der Waals surface area contributed by atoms with Gasteiger partial charge in [0.1, 0.15) is 18.3 Å². The molecule has 1 atom stereocenters. The summed E-state index contributed by atoms with van der Waals surface area (Å²) < 4.78 is 35.2. The first-order valence-corrected chi connectivity index (χ1v) is 16.8. The monoisotopic (exact) mass is 611 g/mol. The summed E-state index contributed by atoms with van der Waals surface area (Å²) in [6.45, 7) is 8.02. The van der Waals surface area contributed by atoms with Crippen molar-refractivity contribution in [2.45, 2.75) is 62.9 Å². The largest absolute Gasteiger partial charge is 0.492 e. The van der Waals surface area contributed by atoms with Gasteiger partial charge in [0.2, 0.25) is 11.8 Å². The molecule has 2 amide bonds. The summed E-state index contributed by atoms with van der Waals surface area (Å²) >= 11 is 1.51. The standard InChI is InChI=1S/C32H41N3O5S2/c1-6-20-33-32(37)28(7-2)34(22-25-13-11-12-24(4)21-25)31(36)23-35(29-14-9-10-15-30(29)40-8-3)42(38,39)27-18-16-26(41-5)17-19-27/h9-19,21,28H,6-8,20,22-23H2,1-5H3,(H,33,37). The van der Waals surface area contributed by atoms with E-state index in [1.54, 1.807) is 48.5 Å². The molecule has 3 aromatic rings. The quantitative estimate of drug-likeness (QED) is 0.223. The topological polar surface area (TPSA) is 96.0 Å². The molecule has 0 saturated heterocycles. The highest BCUT2D eigenvalue weighted by Crippen LogP contribution is 2.33. The van der Waals surface area contributed by atoms with E-state index < -0.39 is 28.5 Å². The number of rotatable bonds is 15. The molecule has 8 nitrogen and oxygen atoms in total. The molecule has 0 radical (unpaired) electrons. The zero-order valence-electron chi connectivity index (χ0n) is 25.0. The molecule has 0 bridgehead atoms. The lowest BCUT2D eigenvalue weighted by Crippen LogP contribution is -2.52. The van der Waals surface area contributed by atoms with Gasteiger partial charge in [0, 0.05) is 18.0 Å². The molecule has 0 fully saturated rings. The summed E-state index contributed by atoms with van der Waals surface area (Å²) in [4.78, 5) is 29.9. The van der Waals surface area contributed by atoms with E-state index in [4.69, 9.17) is 4.74 Å². The first kappa shape index (κ1) is 33.0. The molecule has 0 aliphatic rings. The first-order chi connectivity index (χ1) is 20.2. The van der Waals surface area contributed by atoms with E-state index in [1.807, 2.05) is 58.2 Å². The van der Waals surface area contributed by atoms with Crippen molar-refractivity contribution < 1.29 is 22.7 Å². The molecule has 226 valence electrons. The number of hydrogen-bond acceptors (Lipinski definition) is 6. The zero-order valence-corrected chi connectivity index (χ0v) is 26.6. The minimum atomic E-state index is -4.20. The lowest BCUT2D eigenvalue weighted by Gasteiger charge is -2.33. The fourth-order valence-electron chi connectivity index (χ4n) is 4.62. The van der Waals surface area contributed by atoms with E-state index in [-0.39, 0.29) is 23.0 Å². The maximum absolute atomic E-state index is 14.2. The fourth-order valence-corrected chi connectivity index (χ4v) is 6.45. The van der Waals surface area contributed by atoms with Gasteiger partial charge in [-0.3, -0.25) is 13.9 Å². The Hall–Kier alpha value is -3.50. The van der Waals surface area contributed by atoms with Gasteiger partial charge in [-0.15, -0.1) is 11.8 Å². The Kier molecular flexibility index (Phi) is 12.3. The van der Waals surface area contributed by atoms with E-state index >= 15 is 0 Å². The minimum Gasteiger partial charge on any atom is -0.492 e. The van der Waals surface area contributed by atoms with Gasteiger partial charge in [-0.1, -0.05) is 55.8 Å². The summed E-state index contributed by atoms with van der Waals surface area (Å²) in [6, 6.07) is 20.3. The van der Waals surface area contributed by atoms with Crippen LogP contribution in [0.2, 0.25) is 0 Å². The molecule has 1 unspecified atom stereocenters. The van der Waals surface area contributed by atoms with Crippen LogP contribution in [0.25, 0.3) is 0 Å². The van der Waals surface area contributed by atoms with Crippen LogP contribution in [0, 0.1) is 6.92 Å². The summed E-state index contributed by atoms with van der Waals surface area (Å²) in [5, 5.41) is 2.91. The molecule has 1 N–H and O–H groups in total. The lowest BCUT2D eigenvalue weighted by molar-refractivity contribution is -0.140. The SMILES string of the molecule is CCCNC(=O)C(CC)N(Cc1cccc(C)c1)C(=O)CN(c1ccccc1OCC)S(=O)(=O)c1ccc(SC)cc1.